The minimum Gasteiger partial charge on any atom is -0.360 e. The lowest BCUT2D eigenvalue weighted by molar-refractivity contribution is -0.0276. The largest absolute Gasteiger partial charge is 0.360 e. The van der Waals surface area contributed by atoms with Crippen molar-refractivity contribution in [1.82, 2.24) is 5.32 Å². The van der Waals surface area contributed by atoms with Crippen LogP contribution in [0.4, 0.5) is 0 Å². The molecule has 1 atom stereocenters. The van der Waals surface area contributed by atoms with Crippen molar-refractivity contribution < 1.29 is 4.74 Å². The molecule has 0 aliphatic carbocycles. The van der Waals surface area contributed by atoms with E-state index in [4.69, 9.17) is 10.5 Å². The molecule has 1 aromatic carbocycles. The van der Waals surface area contributed by atoms with Gasteiger partial charge in [-0.15, -0.1) is 0 Å². The highest BCUT2D eigenvalue weighted by atomic mass is 16.5. The number of hydrogen-bond acceptors (Lipinski definition) is 3. The summed E-state index contributed by atoms with van der Waals surface area (Å²) in [6.45, 7) is 3.34. The Bertz CT molecular complexity index is 263. The molecule has 14 heavy (non-hydrogen) atoms. The third-order valence-electron chi connectivity index (χ3n) is 2.34. The van der Waals surface area contributed by atoms with E-state index in [1.807, 2.05) is 37.3 Å². The van der Waals surface area contributed by atoms with Gasteiger partial charge in [-0.25, -0.2) is 0 Å². The van der Waals surface area contributed by atoms with E-state index in [9.17, 15) is 0 Å². The highest BCUT2D eigenvalue weighted by Crippen LogP contribution is 2.20. The van der Waals surface area contributed by atoms with Crippen LogP contribution in [0, 0.1) is 0 Å². The van der Waals surface area contributed by atoms with Crippen molar-refractivity contribution in [1.29, 1.82) is 0 Å². The molecule has 0 saturated heterocycles. The number of benzene rings is 1. The Balaban J connectivity index is 2.79. The molecule has 0 amide bonds. The van der Waals surface area contributed by atoms with Crippen LogP contribution in [0.15, 0.2) is 30.3 Å². The van der Waals surface area contributed by atoms with Crippen LogP contribution in [0.3, 0.4) is 0 Å². The molecule has 0 fully saturated rings. The highest BCUT2D eigenvalue weighted by molar-refractivity contribution is 5.21. The third-order valence-corrected chi connectivity index (χ3v) is 2.34. The summed E-state index contributed by atoms with van der Waals surface area (Å²) >= 11 is 0. The van der Waals surface area contributed by atoms with Gasteiger partial charge < -0.3 is 10.5 Å². The Morgan fingerprint density at radius 3 is 2.50 bits per heavy atom. The minimum atomic E-state index is -0.444. The Kier molecular flexibility index (Phi) is 4.07. The van der Waals surface area contributed by atoms with E-state index in [1.165, 1.54) is 0 Å². The molecule has 0 aliphatic heterocycles. The van der Waals surface area contributed by atoms with E-state index in [2.05, 4.69) is 5.32 Å². The molecule has 0 spiro atoms. The topological polar surface area (TPSA) is 47.3 Å². The second kappa shape index (κ2) is 5.10. The SMILES string of the molecule is COC(C)(NCCN)c1ccccc1. The molecule has 0 radical (unpaired) electrons. The molecule has 0 heterocycles. The van der Waals surface area contributed by atoms with Crippen molar-refractivity contribution in [3.8, 4) is 0 Å². The Morgan fingerprint density at radius 2 is 2.00 bits per heavy atom. The molecule has 3 heteroatoms. The standard InChI is InChI=1S/C11H18N2O/c1-11(14-2,13-9-8-12)10-6-4-3-5-7-10/h3-7,13H,8-9,12H2,1-2H3. The molecule has 0 bridgehead atoms. The van der Waals surface area contributed by atoms with Crippen LogP contribution in [0.1, 0.15) is 12.5 Å². The molecule has 1 unspecified atom stereocenters. The van der Waals surface area contributed by atoms with Crippen LogP contribution in [-0.2, 0) is 10.5 Å². The summed E-state index contributed by atoms with van der Waals surface area (Å²) in [5.41, 5.74) is 6.11. The first-order valence-corrected chi connectivity index (χ1v) is 4.78. The molecular formula is C11H18N2O. The van der Waals surface area contributed by atoms with Crippen LogP contribution >= 0.6 is 0 Å². The maximum Gasteiger partial charge on any atom is 0.142 e. The Labute approximate surface area is 85.3 Å². The molecule has 0 aromatic heterocycles. The molecule has 1 aromatic rings. The number of hydrogen-bond donors (Lipinski definition) is 2. The van der Waals surface area contributed by atoms with Crippen molar-refractivity contribution in [2.45, 2.75) is 12.6 Å². The van der Waals surface area contributed by atoms with Crippen molar-refractivity contribution in [2.24, 2.45) is 5.73 Å². The van der Waals surface area contributed by atoms with Gasteiger partial charge in [-0.2, -0.15) is 0 Å². The summed E-state index contributed by atoms with van der Waals surface area (Å²) in [4.78, 5) is 0. The lowest BCUT2D eigenvalue weighted by Crippen LogP contribution is -2.43. The fourth-order valence-corrected chi connectivity index (χ4v) is 1.36. The summed E-state index contributed by atoms with van der Waals surface area (Å²) in [5, 5.41) is 3.26. The van der Waals surface area contributed by atoms with Crippen LogP contribution < -0.4 is 11.1 Å². The van der Waals surface area contributed by atoms with Gasteiger partial charge in [0.05, 0.1) is 0 Å². The maximum atomic E-state index is 5.46. The normalized spacial score (nSPS) is 15.1. The average Bonchev–Trinajstić information content (AvgIpc) is 2.27. The van der Waals surface area contributed by atoms with Crippen molar-refractivity contribution in [2.75, 3.05) is 20.2 Å². The first kappa shape index (κ1) is 11.2. The van der Waals surface area contributed by atoms with Gasteiger partial charge in [-0.1, -0.05) is 30.3 Å². The average molecular weight is 194 g/mol. The quantitative estimate of drug-likeness (QED) is 0.689. The molecule has 0 aliphatic rings. The van der Waals surface area contributed by atoms with E-state index in [1.54, 1.807) is 7.11 Å². The predicted molar refractivity (Wildman–Crippen MR) is 57.9 cm³/mol. The molecular weight excluding hydrogens is 176 g/mol. The Hall–Kier alpha value is -0.900. The van der Waals surface area contributed by atoms with E-state index in [0.717, 1.165) is 12.1 Å². The van der Waals surface area contributed by atoms with E-state index >= 15 is 0 Å². The van der Waals surface area contributed by atoms with E-state index < -0.39 is 5.72 Å². The molecule has 78 valence electrons. The second-order valence-electron chi connectivity index (χ2n) is 3.32. The van der Waals surface area contributed by atoms with Gasteiger partial charge in [0.1, 0.15) is 5.72 Å². The van der Waals surface area contributed by atoms with Gasteiger partial charge in [0, 0.05) is 20.2 Å². The fraction of sp³-hybridized carbons (Fsp3) is 0.455. The first-order valence-electron chi connectivity index (χ1n) is 4.78. The third kappa shape index (κ3) is 2.54. The number of rotatable bonds is 5. The fourth-order valence-electron chi connectivity index (χ4n) is 1.36. The maximum absolute atomic E-state index is 5.46. The zero-order valence-corrected chi connectivity index (χ0v) is 8.79. The van der Waals surface area contributed by atoms with Crippen molar-refractivity contribution in [3.05, 3.63) is 35.9 Å². The molecule has 3 N–H and O–H groups in total. The number of nitrogens with two attached hydrogens (primary N) is 1. The van der Waals surface area contributed by atoms with Crippen molar-refractivity contribution in [3.63, 3.8) is 0 Å². The molecule has 1 rings (SSSR count). The second-order valence-corrected chi connectivity index (χ2v) is 3.32. The monoisotopic (exact) mass is 194 g/mol. The summed E-state index contributed by atoms with van der Waals surface area (Å²) in [7, 11) is 1.69. The predicted octanol–water partition coefficient (Wildman–Crippen LogP) is 1.05. The van der Waals surface area contributed by atoms with E-state index in [0.29, 0.717) is 6.54 Å². The number of nitrogens with one attached hydrogen (secondary N) is 1. The first-order chi connectivity index (χ1) is 6.73. The summed E-state index contributed by atoms with van der Waals surface area (Å²) in [6.07, 6.45) is 0. The smallest absolute Gasteiger partial charge is 0.142 e. The number of methoxy groups -OCH3 is 1. The lowest BCUT2D eigenvalue weighted by atomic mass is 10.0. The molecule has 0 saturated carbocycles. The van der Waals surface area contributed by atoms with Gasteiger partial charge in [-0.3, -0.25) is 5.32 Å². The summed E-state index contributed by atoms with van der Waals surface area (Å²) in [5.74, 6) is 0. The van der Waals surface area contributed by atoms with Gasteiger partial charge in [-0.05, 0) is 12.5 Å². The van der Waals surface area contributed by atoms with E-state index in [-0.39, 0.29) is 0 Å². The van der Waals surface area contributed by atoms with Crippen molar-refractivity contribution >= 4 is 0 Å². The zero-order valence-electron chi connectivity index (χ0n) is 8.79. The summed E-state index contributed by atoms with van der Waals surface area (Å²) in [6, 6.07) is 10.1. The van der Waals surface area contributed by atoms with Gasteiger partial charge in [0.2, 0.25) is 0 Å². The lowest BCUT2D eigenvalue weighted by Gasteiger charge is -2.29. The summed E-state index contributed by atoms with van der Waals surface area (Å²) < 4.78 is 5.46. The van der Waals surface area contributed by atoms with Crippen LogP contribution in [0.25, 0.3) is 0 Å². The zero-order chi connectivity index (χ0) is 10.4. The minimum absolute atomic E-state index is 0.444. The number of ether oxygens (including phenoxy) is 1. The van der Waals surface area contributed by atoms with Gasteiger partial charge in [0.25, 0.3) is 0 Å². The Morgan fingerprint density at radius 1 is 1.36 bits per heavy atom. The van der Waals surface area contributed by atoms with Crippen LogP contribution in [0.2, 0.25) is 0 Å². The van der Waals surface area contributed by atoms with Crippen LogP contribution in [0.5, 0.6) is 0 Å². The van der Waals surface area contributed by atoms with Gasteiger partial charge in [0.15, 0.2) is 0 Å². The van der Waals surface area contributed by atoms with Gasteiger partial charge >= 0.3 is 0 Å². The van der Waals surface area contributed by atoms with Crippen LogP contribution in [-0.4, -0.2) is 20.2 Å². The molecule has 3 nitrogen and oxygen atoms in total. The highest BCUT2D eigenvalue weighted by Gasteiger charge is 2.24.